The number of rotatable bonds is 6. The first kappa shape index (κ1) is 23.9. The van der Waals surface area contributed by atoms with Crippen molar-refractivity contribution in [3.8, 4) is 0 Å². The number of fused-ring (bicyclic) bond motifs is 1. The fourth-order valence-electron chi connectivity index (χ4n) is 6.04. The smallest absolute Gasteiger partial charge is 0.253 e. The highest BCUT2D eigenvalue weighted by atomic mass is 16.1. The van der Waals surface area contributed by atoms with Crippen LogP contribution in [0.15, 0.2) is 59.4 Å². The van der Waals surface area contributed by atoms with E-state index in [0.29, 0.717) is 0 Å². The van der Waals surface area contributed by atoms with Crippen LogP contribution < -0.4 is 10.5 Å². The van der Waals surface area contributed by atoms with E-state index in [1.54, 1.807) is 0 Å². The molecule has 2 aromatic heterocycles. The number of hydrogen-bond acceptors (Lipinski definition) is 6. The first-order valence-electron chi connectivity index (χ1n) is 13.7. The van der Waals surface area contributed by atoms with Crippen molar-refractivity contribution in [2.45, 2.75) is 57.5 Å². The normalized spacial score (nSPS) is 18.4. The maximum absolute atomic E-state index is 13.6. The molecule has 1 saturated carbocycles. The molecule has 0 amide bonds. The third kappa shape index (κ3) is 4.78. The third-order valence-electron chi connectivity index (χ3n) is 8.12. The minimum absolute atomic E-state index is 0.0644. The van der Waals surface area contributed by atoms with Gasteiger partial charge in [0.25, 0.3) is 5.56 Å². The van der Waals surface area contributed by atoms with Crippen LogP contribution in [-0.4, -0.2) is 56.3 Å². The number of nitrogens with zero attached hydrogens (tertiary/aromatic N) is 6. The molecular weight excluding hydrogens is 462 g/mol. The lowest BCUT2D eigenvalue weighted by molar-refractivity contribution is 0.192. The fourth-order valence-corrected chi connectivity index (χ4v) is 6.04. The number of anilines is 1. The van der Waals surface area contributed by atoms with E-state index in [1.165, 1.54) is 30.5 Å². The van der Waals surface area contributed by atoms with Gasteiger partial charge < -0.3 is 9.88 Å². The maximum Gasteiger partial charge on any atom is 0.253 e. The van der Waals surface area contributed by atoms with E-state index >= 15 is 0 Å². The van der Waals surface area contributed by atoms with Crippen LogP contribution in [0.4, 0.5) is 5.69 Å². The molecule has 1 N–H and O–H groups in total. The second kappa shape index (κ2) is 10.5. The van der Waals surface area contributed by atoms with Crippen molar-refractivity contribution in [3.63, 3.8) is 0 Å². The quantitative estimate of drug-likeness (QED) is 0.423. The minimum atomic E-state index is -0.298. The van der Waals surface area contributed by atoms with Gasteiger partial charge in [0.1, 0.15) is 6.04 Å². The molecule has 8 heteroatoms. The Hall–Kier alpha value is -3.52. The molecule has 0 unspecified atom stereocenters. The van der Waals surface area contributed by atoms with Crippen LogP contribution in [0.3, 0.4) is 0 Å². The SMILES string of the molecule is CCc1ccc2[nH]c(=O)c([C@H](c3nnnn3C3CCCCC3)N3CCN(c4ccccc4)CC3)cc2c1. The molecule has 6 rings (SSSR count). The predicted octanol–water partition coefficient (Wildman–Crippen LogP) is 4.49. The Labute approximate surface area is 217 Å². The molecule has 0 bridgehead atoms. The van der Waals surface area contributed by atoms with Crippen molar-refractivity contribution in [1.29, 1.82) is 0 Å². The average Bonchev–Trinajstić information content (AvgIpc) is 3.44. The lowest BCUT2D eigenvalue weighted by Crippen LogP contribution is -2.49. The van der Waals surface area contributed by atoms with Gasteiger partial charge in [0.05, 0.1) is 6.04 Å². The summed E-state index contributed by atoms with van der Waals surface area (Å²) in [4.78, 5) is 21.5. The van der Waals surface area contributed by atoms with Crippen LogP contribution in [0.5, 0.6) is 0 Å². The molecule has 1 aliphatic carbocycles. The molecule has 1 saturated heterocycles. The van der Waals surface area contributed by atoms with E-state index in [2.05, 4.69) is 85.8 Å². The zero-order chi connectivity index (χ0) is 25.2. The molecule has 192 valence electrons. The Morgan fingerprint density at radius 3 is 2.51 bits per heavy atom. The topological polar surface area (TPSA) is 82.9 Å². The number of hydrogen-bond donors (Lipinski definition) is 1. The van der Waals surface area contributed by atoms with Gasteiger partial charge in [0.2, 0.25) is 0 Å². The summed E-state index contributed by atoms with van der Waals surface area (Å²) in [7, 11) is 0. The maximum atomic E-state index is 13.6. The van der Waals surface area contributed by atoms with Crippen molar-refractivity contribution < 1.29 is 0 Å². The molecule has 0 spiro atoms. The number of aromatic nitrogens is 5. The van der Waals surface area contributed by atoms with Crippen LogP contribution >= 0.6 is 0 Å². The summed E-state index contributed by atoms with van der Waals surface area (Å²) in [6.07, 6.45) is 6.78. The highest BCUT2D eigenvalue weighted by Gasteiger charge is 2.34. The predicted molar refractivity (Wildman–Crippen MR) is 146 cm³/mol. The van der Waals surface area contributed by atoms with E-state index in [0.717, 1.165) is 67.7 Å². The number of piperazine rings is 1. The number of pyridine rings is 1. The van der Waals surface area contributed by atoms with Crippen molar-refractivity contribution in [1.82, 2.24) is 30.1 Å². The number of H-pyrrole nitrogens is 1. The Balaban J connectivity index is 1.40. The Morgan fingerprint density at radius 1 is 0.973 bits per heavy atom. The lowest BCUT2D eigenvalue weighted by atomic mass is 9.95. The van der Waals surface area contributed by atoms with Crippen LogP contribution in [0.1, 0.15) is 68.1 Å². The molecular formula is C29H35N7O. The van der Waals surface area contributed by atoms with Crippen LogP contribution in [0.25, 0.3) is 10.9 Å². The third-order valence-corrected chi connectivity index (χ3v) is 8.12. The summed E-state index contributed by atoms with van der Waals surface area (Å²) in [5, 5.41) is 14.2. The monoisotopic (exact) mass is 497 g/mol. The van der Waals surface area contributed by atoms with E-state index in [9.17, 15) is 4.79 Å². The van der Waals surface area contributed by atoms with E-state index in [1.807, 2.05) is 10.7 Å². The number of para-hydroxylation sites is 1. The van der Waals surface area contributed by atoms with Gasteiger partial charge in [-0.1, -0.05) is 50.5 Å². The molecule has 0 radical (unpaired) electrons. The van der Waals surface area contributed by atoms with Crippen molar-refractivity contribution in [2.75, 3.05) is 31.1 Å². The number of benzene rings is 2. The van der Waals surface area contributed by atoms with Gasteiger partial charge in [0.15, 0.2) is 5.82 Å². The zero-order valence-corrected chi connectivity index (χ0v) is 21.5. The number of aromatic amines is 1. The van der Waals surface area contributed by atoms with Gasteiger partial charge in [-0.15, -0.1) is 5.10 Å². The number of tetrazole rings is 1. The Bertz CT molecular complexity index is 1400. The zero-order valence-electron chi connectivity index (χ0n) is 21.5. The first-order valence-corrected chi connectivity index (χ1v) is 13.7. The molecule has 2 aliphatic rings. The summed E-state index contributed by atoms with van der Waals surface area (Å²) < 4.78 is 2.03. The molecule has 3 heterocycles. The Morgan fingerprint density at radius 2 is 1.76 bits per heavy atom. The van der Waals surface area contributed by atoms with Gasteiger partial charge in [-0.05, 0) is 71.0 Å². The van der Waals surface area contributed by atoms with Crippen molar-refractivity contribution in [2.24, 2.45) is 0 Å². The van der Waals surface area contributed by atoms with Gasteiger partial charge in [-0.25, -0.2) is 4.68 Å². The van der Waals surface area contributed by atoms with E-state index in [4.69, 9.17) is 0 Å². The molecule has 2 aromatic carbocycles. The van der Waals surface area contributed by atoms with Gasteiger partial charge in [-0.2, -0.15) is 0 Å². The standard InChI is InChI=1S/C29H35N7O/c1-2-21-13-14-26-22(19-21)20-25(29(37)30-26)27(28-31-32-33-36(28)24-11-7-4-8-12-24)35-17-15-34(16-18-35)23-9-5-3-6-10-23/h3,5-6,9-10,13-14,19-20,24,27H,2,4,7-8,11-12,15-18H2,1H3,(H,30,37)/t27-/m1/s1. The second-order valence-electron chi connectivity index (χ2n) is 10.4. The lowest BCUT2D eigenvalue weighted by Gasteiger charge is -2.40. The van der Waals surface area contributed by atoms with Gasteiger partial charge in [0, 0.05) is 42.9 Å². The molecule has 2 fully saturated rings. The summed E-state index contributed by atoms with van der Waals surface area (Å²) in [5.74, 6) is 0.788. The summed E-state index contributed by atoms with van der Waals surface area (Å²) in [6.45, 7) is 5.57. The van der Waals surface area contributed by atoms with Crippen molar-refractivity contribution >= 4 is 16.6 Å². The highest BCUT2D eigenvalue weighted by molar-refractivity contribution is 5.80. The summed E-state index contributed by atoms with van der Waals surface area (Å²) in [5.41, 5.74) is 4.02. The van der Waals surface area contributed by atoms with E-state index in [-0.39, 0.29) is 17.6 Å². The molecule has 8 nitrogen and oxygen atoms in total. The largest absolute Gasteiger partial charge is 0.369 e. The number of nitrogens with one attached hydrogen (secondary N) is 1. The minimum Gasteiger partial charge on any atom is -0.369 e. The average molecular weight is 498 g/mol. The van der Waals surface area contributed by atoms with Crippen molar-refractivity contribution in [3.05, 3.63) is 81.9 Å². The summed E-state index contributed by atoms with van der Waals surface area (Å²) >= 11 is 0. The fraction of sp³-hybridized carbons (Fsp3) is 0.448. The van der Waals surface area contributed by atoms with E-state index < -0.39 is 0 Å². The second-order valence-corrected chi connectivity index (χ2v) is 10.4. The molecule has 1 atom stereocenters. The highest BCUT2D eigenvalue weighted by Crippen LogP contribution is 2.34. The number of aryl methyl sites for hydroxylation is 1. The van der Waals surface area contributed by atoms with Gasteiger partial charge in [-0.3, -0.25) is 9.69 Å². The molecule has 4 aromatic rings. The summed E-state index contributed by atoms with van der Waals surface area (Å²) in [6, 6.07) is 18.9. The first-order chi connectivity index (χ1) is 18.2. The van der Waals surface area contributed by atoms with Crippen LogP contribution in [0.2, 0.25) is 0 Å². The molecule has 37 heavy (non-hydrogen) atoms. The van der Waals surface area contributed by atoms with Gasteiger partial charge >= 0.3 is 0 Å². The van der Waals surface area contributed by atoms with Crippen LogP contribution in [-0.2, 0) is 6.42 Å². The van der Waals surface area contributed by atoms with Crippen LogP contribution in [0, 0.1) is 0 Å². The molecule has 1 aliphatic heterocycles. The Kier molecular flexibility index (Phi) is 6.74.